The number of aliphatic hydroxyl groups is 1. The van der Waals surface area contributed by atoms with Crippen LogP contribution in [-0.2, 0) is 24.1 Å². The van der Waals surface area contributed by atoms with E-state index in [2.05, 4.69) is 10.2 Å². The van der Waals surface area contributed by atoms with Crippen molar-refractivity contribution in [2.24, 2.45) is 0 Å². The van der Waals surface area contributed by atoms with Gasteiger partial charge in [-0.25, -0.2) is 13.9 Å². The number of ketones is 1. The van der Waals surface area contributed by atoms with E-state index in [1.807, 2.05) is 18.2 Å². The van der Waals surface area contributed by atoms with E-state index in [0.717, 1.165) is 12.0 Å². The van der Waals surface area contributed by atoms with Crippen LogP contribution in [0, 0.1) is 0 Å². The molecule has 0 spiro atoms. The number of para-hydroxylation sites is 2. The van der Waals surface area contributed by atoms with E-state index >= 15 is 0 Å². The van der Waals surface area contributed by atoms with Gasteiger partial charge in [-0.2, -0.15) is 0 Å². The van der Waals surface area contributed by atoms with Gasteiger partial charge < -0.3 is 5.11 Å². The van der Waals surface area contributed by atoms with E-state index in [1.165, 1.54) is 44.2 Å². The molecule has 0 heterocycles. The highest BCUT2D eigenvalue weighted by Crippen LogP contribution is 2.20. The Labute approximate surface area is 197 Å². The number of carbonyl (C=O) groups excluding carboxylic acids is 1. The van der Waals surface area contributed by atoms with Crippen molar-refractivity contribution >= 4 is 39.2 Å². The topological polar surface area (TPSA) is 114 Å². The highest BCUT2D eigenvalue weighted by atomic mass is 32.2. The zero-order valence-corrected chi connectivity index (χ0v) is 19.6. The lowest BCUT2D eigenvalue weighted by atomic mass is 10.3. The largest absolute Gasteiger partial charge is 0.511 e. The monoisotopic (exact) mass is 488 g/mol. The number of aliphatic hydroxyl groups excluding tert-OH is 1. The van der Waals surface area contributed by atoms with Gasteiger partial charge in [0.15, 0.2) is 5.78 Å². The van der Waals surface area contributed by atoms with Crippen LogP contribution in [0.3, 0.4) is 0 Å². The molecule has 0 aliphatic rings. The summed E-state index contributed by atoms with van der Waals surface area (Å²) in [5.41, 5.74) is 3.62. The van der Waals surface area contributed by atoms with E-state index in [0.29, 0.717) is 11.4 Å². The van der Waals surface area contributed by atoms with Crippen molar-refractivity contribution in [2.45, 2.75) is 13.8 Å². The number of carbonyl (C=O) groups is 1. The van der Waals surface area contributed by atoms with Gasteiger partial charge in [-0.3, -0.25) is 9.52 Å². The summed E-state index contributed by atoms with van der Waals surface area (Å²) >= 11 is 0.720. The lowest BCUT2D eigenvalue weighted by Gasteiger charge is -2.09. The second-order valence-corrected chi connectivity index (χ2v) is 8.85. The van der Waals surface area contributed by atoms with Gasteiger partial charge in [0.25, 0.3) is 10.0 Å². The maximum Gasteiger partial charge on any atom is 0.265 e. The molecule has 2 rings (SSSR count). The minimum atomic E-state index is -3.99. The van der Waals surface area contributed by atoms with Crippen LogP contribution in [0.1, 0.15) is 13.8 Å². The molecule has 0 saturated heterocycles. The Kier molecular flexibility index (Phi) is 10.4. The molecule has 0 unspecified atom stereocenters. The molecule has 0 aliphatic heterocycles. The maximum absolute atomic E-state index is 12.6. The molecular formula is C23H24N2O6S2. The van der Waals surface area contributed by atoms with Gasteiger partial charge in [-0.05, 0) is 50.3 Å². The molecule has 0 bridgehead atoms. The molecular weight excluding hydrogens is 464 g/mol. The molecule has 0 aliphatic carbocycles. The summed E-state index contributed by atoms with van der Waals surface area (Å²) in [4.78, 5) is 16.6. The van der Waals surface area contributed by atoms with Crippen molar-refractivity contribution in [3.8, 4) is 0 Å². The van der Waals surface area contributed by atoms with Crippen LogP contribution >= 0.6 is 12.0 Å². The van der Waals surface area contributed by atoms with Crippen LogP contribution in [0.5, 0.6) is 0 Å². The van der Waals surface area contributed by atoms with Crippen LogP contribution in [0.15, 0.2) is 107 Å². The Morgan fingerprint density at radius 3 is 2.12 bits per heavy atom. The molecule has 33 heavy (non-hydrogen) atoms. The second kappa shape index (κ2) is 13.3. The number of sulfonamides is 1. The van der Waals surface area contributed by atoms with Gasteiger partial charge in [-0.15, -0.1) is 9.32 Å². The summed E-state index contributed by atoms with van der Waals surface area (Å²) in [6.45, 7) is 2.65. The Morgan fingerprint density at radius 2 is 1.55 bits per heavy atom. The number of hydrogen-bond acceptors (Lipinski definition) is 8. The first kappa shape index (κ1) is 25.9. The number of hydrogen-bond donors (Lipinski definition) is 3. The fourth-order valence-corrected chi connectivity index (χ4v) is 3.90. The van der Waals surface area contributed by atoms with E-state index in [-0.39, 0.29) is 21.4 Å². The van der Waals surface area contributed by atoms with Gasteiger partial charge in [0.2, 0.25) is 0 Å². The Hall–Kier alpha value is -3.31. The highest BCUT2D eigenvalue weighted by Gasteiger charge is 2.18. The summed E-state index contributed by atoms with van der Waals surface area (Å²) < 4.78 is 32.4. The molecule has 10 heteroatoms. The molecule has 2 aromatic rings. The predicted molar refractivity (Wildman–Crippen MR) is 131 cm³/mol. The van der Waals surface area contributed by atoms with Crippen molar-refractivity contribution < 1.29 is 27.6 Å². The number of anilines is 2. The fourth-order valence-electron chi connectivity index (χ4n) is 2.30. The Balaban J connectivity index is 1.96. The minimum absolute atomic E-state index is 0.252. The zero-order chi connectivity index (χ0) is 24.1. The minimum Gasteiger partial charge on any atom is -0.511 e. The van der Waals surface area contributed by atoms with E-state index in [9.17, 15) is 18.3 Å². The van der Waals surface area contributed by atoms with Crippen molar-refractivity contribution in [2.75, 3.05) is 10.2 Å². The number of nitrogens with one attached hydrogen (secondary N) is 2. The molecule has 0 aromatic heterocycles. The van der Waals surface area contributed by atoms with Crippen molar-refractivity contribution in [1.82, 2.24) is 0 Å². The maximum atomic E-state index is 12.6. The third-order valence-corrected chi connectivity index (χ3v) is 6.08. The highest BCUT2D eigenvalue weighted by molar-refractivity contribution is 7.99. The average Bonchev–Trinajstić information content (AvgIpc) is 2.77. The molecule has 8 nitrogen and oxygen atoms in total. The molecule has 0 radical (unpaired) electrons. The van der Waals surface area contributed by atoms with Gasteiger partial charge in [0, 0.05) is 5.69 Å². The molecule has 2 aromatic carbocycles. The van der Waals surface area contributed by atoms with Gasteiger partial charge >= 0.3 is 0 Å². The van der Waals surface area contributed by atoms with Gasteiger partial charge in [0.05, 0.1) is 22.6 Å². The number of benzene rings is 2. The van der Waals surface area contributed by atoms with Crippen LogP contribution in [0.2, 0.25) is 0 Å². The number of allylic oxidation sites excluding steroid dienone is 7. The molecule has 3 N–H and O–H groups in total. The van der Waals surface area contributed by atoms with Crippen LogP contribution in [0.25, 0.3) is 0 Å². The third-order valence-electron chi connectivity index (χ3n) is 3.83. The van der Waals surface area contributed by atoms with E-state index in [4.69, 9.17) is 9.32 Å². The number of rotatable bonds is 12. The van der Waals surface area contributed by atoms with Crippen molar-refractivity contribution in [1.29, 1.82) is 0 Å². The summed E-state index contributed by atoms with van der Waals surface area (Å²) in [6.07, 6.45) is 7.18. The first-order valence-corrected chi connectivity index (χ1v) is 11.9. The first-order valence-electron chi connectivity index (χ1n) is 9.64. The molecule has 174 valence electrons. The number of Topliss-reactive ketones (excluding diaryl/α,β-unsaturated/α-hetero) is 1. The Morgan fingerprint density at radius 1 is 0.939 bits per heavy atom. The summed E-state index contributed by atoms with van der Waals surface area (Å²) in [5, 5.41) is 9.84. The Bertz CT molecular complexity index is 1140. The molecule has 0 saturated carbocycles. The van der Waals surface area contributed by atoms with E-state index in [1.54, 1.807) is 42.5 Å². The summed E-state index contributed by atoms with van der Waals surface area (Å²) in [6, 6.07) is 17.4. The van der Waals surface area contributed by atoms with Crippen LogP contribution < -0.4 is 10.2 Å². The van der Waals surface area contributed by atoms with Crippen LogP contribution in [-0.4, -0.2) is 19.3 Å². The first-order chi connectivity index (χ1) is 15.8. The quantitative estimate of drug-likeness (QED) is 0.0690. The predicted octanol–water partition coefficient (Wildman–Crippen LogP) is 5.43. The molecule has 0 atom stereocenters. The lowest BCUT2D eigenvalue weighted by molar-refractivity contribution is -0.160. The second-order valence-electron chi connectivity index (χ2n) is 6.46. The normalized spacial score (nSPS) is 13.2. The van der Waals surface area contributed by atoms with Gasteiger partial charge in [0.1, 0.15) is 10.7 Å². The lowest BCUT2D eigenvalue weighted by Crippen LogP contribution is -2.15. The summed E-state index contributed by atoms with van der Waals surface area (Å²) in [5.74, 6) is -0.617. The summed E-state index contributed by atoms with van der Waals surface area (Å²) in [7, 11) is -3.99. The molecule has 0 fully saturated rings. The SMILES string of the molecule is CC(=O)C(=CC=CC=C/C(=C(/C)O)S(=O)(=O)Nc1ccccc1)SOONc1ccccc1. The van der Waals surface area contributed by atoms with Gasteiger partial charge in [-0.1, -0.05) is 54.6 Å². The standard InChI is InChI=1S/C23H24N2O6S2/c1-18(26)22(32-31-30-24-20-12-6-3-7-13-20)16-10-5-11-17-23(19(2)27)33(28,29)25-21-14-8-4-9-15-21/h3-17,24-25,27H,1-2H3/b10-5?,17-11?,22-16?,23-19+. The van der Waals surface area contributed by atoms with Crippen molar-refractivity contribution in [3.63, 3.8) is 0 Å². The zero-order valence-electron chi connectivity index (χ0n) is 18.0. The molecule has 0 amide bonds. The third kappa shape index (κ3) is 9.38. The van der Waals surface area contributed by atoms with Crippen molar-refractivity contribution in [3.05, 3.63) is 107 Å². The smallest absolute Gasteiger partial charge is 0.265 e. The average molecular weight is 489 g/mol. The fraction of sp³-hybridized carbons (Fsp3) is 0.0870. The van der Waals surface area contributed by atoms with Crippen LogP contribution in [0.4, 0.5) is 11.4 Å². The van der Waals surface area contributed by atoms with E-state index < -0.39 is 10.0 Å².